The summed E-state index contributed by atoms with van der Waals surface area (Å²) in [7, 11) is 0. The maximum Gasteiger partial charge on any atom is 0.341 e. The van der Waals surface area contributed by atoms with Crippen molar-refractivity contribution in [2.24, 2.45) is 11.3 Å². The minimum atomic E-state index is -0.521. The Morgan fingerprint density at radius 3 is 2.50 bits per heavy atom. The minimum absolute atomic E-state index is 0.0941. The molecular formula is C31H35N3O6S2. The molecule has 1 aliphatic carbocycles. The number of benzene rings is 2. The molecule has 0 fully saturated rings. The zero-order valence-electron chi connectivity index (χ0n) is 24.3. The Morgan fingerprint density at radius 2 is 1.86 bits per heavy atom. The molecule has 2 amide bonds. The average Bonchev–Trinajstić information content (AvgIpc) is 3.30. The first-order valence-electron chi connectivity index (χ1n) is 13.8. The molecule has 9 nitrogen and oxygen atoms in total. The predicted octanol–water partition coefficient (Wildman–Crippen LogP) is 7.36. The summed E-state index contributed by atoms with van der Waals surface area (Å²) in [5.74, 6) is -0.558. The first-order valence-corrected chi connectivity index (χ1v) is 15.5. The second kappa shape index (κ2) is 13.1. The van der Waals surface area contributed by atoms with Crippen molar-refractivity contribution in [1.29, 1.82) is 0 Å². The van der Waals surface area contributed by atoms with Crippen molar-refractivity contribution in [3.63, 3.8) is 0 Å². The third-order valence-corrected chi connectivity index (χ3v) is 9.58. The second-order valence-electron chi connectivity index (χ2n) is 11.3. The van der Waals surface area contributed by atoms with E-state index in [1.807, 2.05) is 6.07 Å². The number of thiophene rings is 1. The van der Waals surface area contributed by atoms with Gasteiger partial charge in [-0.3, -0.25) is 19.7 Å². The van der Waals surface area contributed by atoms with Crippen LogP contribution >= 0.6 is 23.1 Å². The van der Waals surface area contributed by atoms with Crippen LogP contribution in [-0.2, 0) is 22.4 Å². The van der Waals surface area contributed by atoms with Crippen LogP contribution in [0, 0.1) is 21.4 Å². The monoisotopic (exact) mass is 609 g/mol. The minimum Gasteiger partial charge on any atom is -0.462 e. The van der Waals surface area contributed by atoms with Crippen molar-refractivity contribution < 1.29 is 24.0 Å². The number of carbonyl (C=O) groups is 3. The molecular weight excluding hydrogens is 574 g/mol. The summed E-state index contributed by atoms with van der Waals surface area (Å²) in [6.45, 7) is 10.5. The van der Waals surface area contributed by atoms with Crippen LogP contribution in [0.15, 0.2) is 53.4 Å². The number of anilines is 2. The molecule has 2 atom stereocenters. The first kappa shape index (κ1) is 31.2. The van der Waals surface area contributed by atoms with Crippen LogP contribution in [0.3, 0.4) is 0 Å². The van der Waals surface area contributed by atoms with Crippen molar-refractivity contribution >= 4 is 57.3 Å². The van der Waals surface area contributed by atoms with E-state index in [1.54, 1.807) is 32.0 Å². The molecule has 2 unspecified atom stereocenters. The van der Waals surface area contributed by atoms with E-state index >= 15 is 0 Å². The van der Waals surface area contributed by atoms with E-state index in [1.165, 1.54) is 47.4 Å². The van der Waals surface area contributed by atoms with E-state index in [0.29, 0.717) is 22.2 Å². The Labute approximate surface area is 253 Å². The molecule has 1 heterocycles. The zero-order chi connectivity index (χ0) is 30.6. The number of hydrogen-bond donors (Lipinski definition) is 2. The van der Waals surface area contributed by atoms with E-state index < -0.39 is 22.0 Å². The third-order valence-electron chi connectivity index (χ3n) is 7.32. The summed E-state index contributed by atoms with van der Waals surface area (Å²) in [6, 6.07) is 12.5. The summed E-state index contributed by atoms with van der Waals surface area (Å²) in [5.41, 5.74) is 2.34. The molecule has 0 saturated carbocycles. The molecule has 222 valence electrons. The highest BCUT2D eigenvalue weighted by Gasteiger charge is 2.34. The van der Waals surface area contributed by atoms with Crippen molar-refractivity contribution in [1.82, 2.24) is 0 Å². The zero-order valence-corrected chi connectivity index (χ0v) is 25.9. The molecule has 3 aromatic rings. The maximum atomic E-state index is 13.3. The average molecular weight is 610 g/mol. The fourth-order valence-corrected chi connectivity index (χ4v) is 7.13. The van der Waals surface area contributed by atoms with Gasteiger partial charge in [-0.2, -0.15) is 0 Å². The molecule has 2 aromatic carbocycles. The van der Waals surface area contributed by atoms with Crippen LogP contribution in [0.2, 0.25) is 0 Å². The molecule has 11 heteroatoms. The quantitative estimate of drug-likeness (QED) is 0.112. The lowest BCUT2D eigenvalue weighted by atomic mass is 9.72. The van der Waals surface area contributed by atoms with Gasteiger partial charge in [-0.1, -0.05) is 26.8 Å². The third kappa shape index (κ3) is 7.38. The number of thioether (sulfide) groups is 1. The van der Waals surface area contributed by atoms with E-state index in [2.05, 4.69) is 31.4 Å². The van der Waals surface area contributed by atoms with Gasteiger partial charge in [0.25, 0.3) is 11.6 Å². The van der Waals surface area contributed by atoms with E-state index in [0.717, 1.165) is 34.6 Å². The Bertz CT molecular complexity index is 1490. The Kier molecular flexibility index (Phi) is 9.73. The number of carbonyl (C=O) groups excluding carboxylic acids is 3. The molecule has 0 saturated heterocycles. The summed E-state index contributed by atoms with van der Waals surface area (Å²) < 4.78 is 5.36. The molecule has 4 rings (SSSR count). The van der Waals surface area contributed by atoms with Gasteiger partial charge in [0.2, 0.25) is 5.91 Å². The predicted molar refractivity (Wildman–Crippen MR) is 167 cm³/mol. The number of rotatable bonds is 9. The fourth-order valence-electron chi connectivity index (χ4n) is 4.89. The van der Waals surface area contributed by atoms with Gasteiger partial charge in [0.15, 0.2) is 0 Å². The number of ether oxygens (including phenoxy) is 1. The highest BCUT2D eigenvalue weighted by molar-refractivity contribution is 8.00. The van der Waals surface area contributed by atoms with Crippen molar-refractivity contribution in [2.45, 2.75) is 64.0 Å². The molecule has 0 bridgehead atoms. The highest BCUT2D eigenvalue weighted by atomic mass is 32.2. The number of amides is 2. The van der Waals surface area contributed by atoms with Crippen molar-refractivity contribution in [3.05, 3.63) is 80.2 Å². The van der Waals surface area contributed by atoms with Crippen LogP contribution in [0.4, 0.5) is 16.4 Å². The normalized spacial score (nSPS) is 15.3. The topological polar surface area (TPSA) is 128 Å². The number of esters is 1. The van der Waals surface area contributed by atoms with Crippen molar-refractivity contribution in [2.75, 3.05) is 17.2 Å². The molecule has 42 heavy (non-hydrogen) atoms. The van der Waals surface area contributed by atoms with Crippen LogP contribution in [0.5, 0.6) is 0 Å². The number of nitrogens with one attached hydrogen (secondary N) is 2. The Hall–Kier alpha value is -3.70. The lowest BCUT2D eigenvalue weighted by Gasteiger charge is -2.33. The van der Waals surface area contributed by atoms with Crippen LogP contribution in [0.25, 0.3) is 0 Å². The molecule has 1 aliphatic rings. The molecule has 0 radical (unpaired) electrons. The molecule has 2 N–H and O–H groups in total. The molecule has 0 aliphatic heterocycles. The van der Waals surface area contributed by atoms with E-state index in [4.69, 9.17) is 4.74 Å². The van der Waals surface area contributed by atoms with Gasteiger partial charge in [-0.15, -0.1) is 23.1 Å². The summed E-state index contributed by atoms with van der Waals surface area (Å²) in [5, 5.41) is 16.7. The number of non-ortho nitro benzene ring substituents is 1. The van der Waals surface area contributed by atoms with Gasteiger partial charge in [0.1, 0.15) is 5.00 Å². The fraction of sp³-hybridized carbons (Fsp3) is 0.387. The van der Waals surface area contributed by atoms with Gasteiger partial charge >= 0.3 is 5.97 Å². The molecule has 1 aromatic heterocycles. The number of nitro groups is 1. The smallest absolute Gasteiger partial charge is 0.341 e. The number of hydrogen-bond acceptors (Lipinski definition) is 8. The Morgan fingerprint density at radius 1 is 1.14 bits per heavy atom. The highest BCUT2D eigenvalue weighted by Crippen LogP contribution is 2.44. The summed E-state index contributed by atoms with van der Waals surface area (Å²) in [4.78, 5) is 51.2. The number of nitro benzene ring substituents is 1. The number of nitrogens with zero attached hydrogens (tertiary/aromatic N) is 1. The van der Waals surface area contributed by atoms with Crippen molar-refractivity contribution in [3.8, 4) is 0 Å². The van der Waals surface area contributed by atoms with Gasteiger partial charge in [-0.25, -0.2) is 4.79 Å². The standard InChI is InChI=1S/C31H35N3O6S2/c1-6-40-30(37)26-24-15-12-20(31(3,4)5)16-25(24)42-29(26)33-27(35)18(2)41-23-9-7-8-21(17-23)32-28(36)19-10-13-22(14-11-19)34(38)39/h7-11,13-14,17-18,20H,6,12,15-16H2,1-5H3,(H,32,36)(H,33,35). The maximum absolute atomic E-state index is 13.3. The SMILES string of the molecule is CCOC(=O)c1c(NC(=O)C(C)Sc2cccc(NC(=O)c3ccc([N+](=O)[O-])cc3)c2)sc2c1CCC(C(C)(C)C)C2. The summed E-state index contributed by atoms with van der Waals surface area (Å²) in [6.07, 6.45) is 2.63. The first-order chi connectivity index (χ1) is 19.9. The lowest BCUT2D eigenvalue weighted by Crippen LogP contribution is -2.27. The summed E-state index contributed by atoms with van der Waals surface area (Å²) >= 11 is 2.80. The van der Waals surface area contributed by atoms with Crippen LogP contribution in [0.1, 0.15) is 72.2 Å². The van der Waals surface area contributed by atoms with Gasteiger partial charge in [0, 0.05) is 33.2 Å². The Balaban J connectivity index is 1.45. The van der Waals surface area contributed by atoms with Gasteiger partial charge in [0.05, 0.1) is 22.3 Å². The van der Waals surface area contributed by atoms with Gasteiger partial charge < -0.3 is 15.4 Å². The lowest BCUT2D eigenvalue weighted by molar-refractivity contribution is -0.384. The van der Waals surface area contributed by atoms with Crippen LogP contribution in [-0.4, -0.2) is 34.6 Å². The largest absolute Gasteiger partial charge is 0.462 e. The molecule has 0 spiro atoms. The van der Waals surface area contributed by atoms with Crippen LogP contribution < -0.4 is 10.6 Å². The van der Waals surface area contributed by atoms with E-state index in [9.17, 15) is 24.5 Å². The second-order valence-corrected chi connectivity index (χ2v) is 13.8. The van der Waals surface area contributed by atoms with E-state index in [-0.39, 0.29) is 29.2 Å². The van der Waals surface area contributed by atoms with Gasteiger partial charge in [-0.05, 0) is 80.3 Å². The number of fused-ring (bicyclic) bond motifs is 1.